The Morgan fingerprint density at radius 2 is 2.48 bits per heavy atom. The molecular weight excluding hydrogens is 264 g/mol. The number of aromatic nitrogens is 1. The van der Waals surface area contributed by atoms with E-state index in [1.165, 1.54) is 17.7 Å². The third kappa shape index (κ3) is 3.11. The van der Waals surface area contributed by atoms with E-state index in [0.29, 0.717) is 5.92 Å². The highest BCUT2D eigenvalue weighted by atomic mass is 16.5. The van der Waals surface area contributed by atoms with Crippen molar-refractivity contribution in [2.45, 2.75) is 44.2 Å². The normalized spacial score (nSPS) is 28.1. The minimum Gasteiger partial charge on any atom is -0.374 e. The van der Waals surface area contributed by atoms with Crippen molar-refractivity contribution in [3.05, 3.63) is 29.6 Å². The second-order valence-corrected chi connectivity index (χ2v) is 6.04. The lowest BCUT2D eigenvalue weighted by molar-refractivity contribution is -0.0506. The minimum atomic E-state index is 0.133. The molecule has 0 bridgehead atoms. The number of aryl methyl sites for hydroxylation is 1. The van der Waals surface area contributed by atoms with Crippen LogP contribution < -0.4 is 11.3 Å². The van der Waals surface area contributed by atoms with Crippen molar-refractivity contribution in [2.75, 3.05) is 26.2 Å². The summed E-state index contributed by atoms with van der Waals surface area (Å²) in [6, 6.07) is 4.36. The first-order valence-electron chi connectivity index (χ1n) is 8.07. The van der Waals surface area contributed by atoms with Crippen molar-refractivity contribution in [1.82, 2.24) is 15.3 Å². The van der Waals surface area contributed by atoms with E-state index in [1.807, 2.05) is 12.3 Å². The number of nitrogens with two attached hydrogens (primary N) is 1. The standard InChI is InChI=1S/C16H26N4O/c1-2-20-9-10-21-14(11-20)16(19-17)13-7-3-5-12-6-4-8-18-15(12)13/h4,6,8,13-14,16,19H,2-3,5,7,9-11,17H2,1H3. The van der Waals surface area contributed by atoms with E-state index in [4.69, 9.17) is 10.6 Å². The van der Waals surface area contributed by atoms with Gasteiger partial charge in [0.05, 0.1) is 18.8 Å². The van der Waals surface area contributed by atoms with Crippen LogP contribution in [0.1, 0.15) is 36.9 Å². The van der Waals surface area contributed by atoms with Crippen LogP contribution in [0.2, 0.25) is 0 Å². The maximum absolute atomic E-state index is 6.02. The highest BCUT2D eigenvalue weighted by Gasteiger charge is 2.36. The average Bonchev–Trinajstić information content (AvgIpc) is 2.56. The zero-order valence-corrected chi connectivity index (χ0v) is 12.8. The van der Waals surface area contributed by atoms with Crippen molar-refractivity contribution in [3.63, 3.8) is 0 Å². The first-order valence-corrected chi connectivity index (χ1v) is 8.07. The van der Waals surface area contributed by atoms with Gasteiger partial charge in [-0.1, -0.05) is 13.0 Å². The summed E-state index contributed by atoms with van der Waals surface area (Å²) in [5.74, 6) is 6.25. The predicted octanol–water partition coefficient (Wildman–Crippen LogP) is 1.05. The van der Waals surface area contributed by atoms with E-state index in [0.717, 1.165) is 39.1 Å². The van der Waals surface area contributed by atoms with Gasteiger partial charge in [0.2, 0.25) is 0 Å². The molecule has 0 amide bonds. The molecule has 1 aromatic rings. The van der Waals surface area contributed by atoms with Crippen molar-refractivity contribution < 1.29 is 4.74 Å². The quantitative estimate of drug-likeness (QED) is 0.641. The molecule has 3 unspecified atom stereocenters. The molecule has 21 heavy (non-hydrogen) atoms. The monoisotopic (exact) mass is 290 g/mol. The maximum Gasteiger partial charge on any atom is 0.0875 e. The van der Waals surface area contributed by atoms with Crippen molar-refractivity contribution in [3.8, 4) is 0 Å². The topological polar surface area (TPSA) is 63.4 Å². The Morgan fingerprint density at radius 1 is 1.57 bits per heavy atom. The first-order chi connectivity index (χ1) is 10.3. The third-order valence-corrected chi connectivity index (χ3v) is 4.89. The largest absolute Gasteiger partial charge is 0.374 e. The molecule has 1 fully saturated rings. The van der Waals surface area contributed by atoms with Gasteiger partial charge < -0.3 is 4.74 Å². The number of hydrazine groups is 1. The number of nitrogens with one attached hydrogen (secondary N) is 1. The van der Waals surface area contributed by atoms with Crippen LogP contribution in [0.4, 0.5) is 0 Å². The number of rotatable bonds is 4. The molecule has 0 radical (unpaired) electrons. The number of hydrogen-bond donors (Lipinski definition) is 2. The van der Waals surface area contributed by atoms with Gasteiger partial charge in [0.15, 0.2) is 0 Å². The van der Waals surface area contributed by atoms with Crippen LogP contribution in [0.3, 0.4) is 0 Å². The van der Waals surface area contributed by atoms with Crippen LogP contribution in [0, 0.1) is 0 Å². The summed E-state index contributed by atoms with van der Waals surface area (Å²) in [4.78, 5) is 7.07. The van der Waals surface area contributed by atoms with Gasteiger partial charge in [-0.3, -0.25) is 21.2 Å². The number of nitrogens with zero attached hydrogens (tertiary/aromatic N) is 2. The number of fused-ring (bicyclic) bond motifs is 1. The van der Waals surface area contributed by atoms with E-state index in [1.54, 1.807) is 0 Å². The summed E-state index contributed by atoms with van der Waals surface area (Å²) in [5.41, 5.74) is 5.62. The summed E-state index contributed by atoms with van der Waals surface area (Å²) >= 11 is 0. The molecule has 2 heterocycles. The zero-order valence-electron chi connectivity index (χ0n) is 12.8. The van der Waals surface area contributed by atoms with Crippen molar-refractivity contribution in [1.29, 1.82) is 0 Å². The Bertz CT molecular complexity index is 467. The maximum atomic E-state index is 6.02. The van der Waals surface area contributed by atoms with E-state index in [9.17, 15) is 0 Å². The SMILES string of the molecule is CCN1CCOC(C(NN)C2CCCc3cccnc32)C1. The highest BCUT2D eigenvalue weighted by Crippen LogP contribution is 2.34. The molecule has 3 rings (SSSR count). The Hall–Kier alpha value is -1.01. The van der Waals surface area contributed by atoms with E-state index in [2.05, 4.69) is 28.3 Å². The van der Waals surface area contributed by atoms with Gasteiger partial charge in [-0.2, -0.15) is 0 Å². The zero-order chi connectivity index (χ0) is 14.7. The third-order valence-electron chi connectivity index (χ3n) is 4.89. The van der Waals surface area contributed by atoms with Gasteiger partial charge in [-0.15, -0.1) is 0 Å². The molecule has 3 N–H and O–H groups in total. The van der Waals surface area contributed by atoms with Crippen LogP contribution in [0.5, 0.6) is 0 Å². The molecular formula is C16H26N4O. The Kier molecular flexibility index (Phi) is 4.85. The lowest BCUT2D eigenvalue weighted by Gasteiger charge is -2.40. The fourth-order valence-electron chi connectivity index (χ4n) is 3.71. The van der Waals surface area contributed by atoms with Gasteiger partial charge in [0.1, 0.15) is 0 Å². The van der Waals surface area contributed by atoms with E-state index < -0.39 is 0 Å². The van der Waals surface area contributed by atoms with Crippen molar-refractivity contribution >= 4 is 0 Å². The van der Waals surface area contributed by atoms with Crippen molar-refractivity contribution in [2.24, 2.45) is 5.84 Å². The number of ether oxygens (including phenoxy) is 1. The van der Waals surface area contributed by atoms with Gasteiger partial charge in [0.25, 0.3) is 0 Å². The molecule has 116 valence electrons. The number of morpholine rings is 1. The minimum absolute atomic E-state index is 0.133. The molecule has 0 saturated carbocycles. The first kappa shape index (κ1) is 14.9. The van der Waals surface area contributed by atoms with E-state index >= 15 is 0 Å². The molecule has 1 saturated heterocycles. The summed E-state index contributed by atoms with van der Waals surface area (Å²) in [6.45, 7) is 6.02. The highest BCUT2D eigenvalue weighted by molar-refractivity contribution is 5.27. The van der Waals surface area contributed by atoms with Crippen LogP contribution in [-0.2, 0) is 11.2 Å². The molecule has 3 atom stereocenters. The van der Waals surface area contributed by atoms with Crippen LogP contribution in [0.25, 0.3) is 0 Å². The smallest absolute Gasteiger partial charge is 0.0875 e. The Morgan fingerprint density at radius 3 is 3.29 bits per heavy atom. The van der Waals surface area contributed by atoms with E-state index in [-0.39, 0.29) is 12.1 Å². The number of likely N-dealkylation sites (N-methyl/N-ethyl adjacent to an activating group) is 1. The van der Waals surface area contributed by atoms with Crippen LogP contribution >= 0.6 is 0 Å². The fraction of sp³-hybridized carbons (Fsp3) is 0.688. The lowest BCUT2D eigenvalue weighted by atomic mass is 9.80. The van der Waals surface area contributed by atoms with Gasteiger partial charge >= 0.3 is 0 Å². The molecule has 0 spiro atoms. The second kappa shape index (κ2) is 6.83. The summed E-state index contributed by atoms with van der Waals surface area (Å²) in [6.07, 6.45) is 5.49. The molecule has 1 aliphatic heterocycles. The molecule has 1 aliphatic carbocycles. The Balaban J connectivity index is 1.80. The molecule has 5 nitrogen and oxygen atoms in total. The summed E-state index contributed by atoms with van der Waals surface area (Å²) in [5, 5.41) is 0. The molecule has 2 aliphatic rings. The van der Waals surface area contributed by atoms with Crippen LogP contribution in [0.15, 0.2) is 18.3 Å². The second-order valence-electron chi connectivity index (χ2n) is 6.04. The lowest BCUT2D eigenvalue weighted by Crippen LogP contribution is -2.56. The number of pyridine rings is 1. The molecule has 1 aromatic heterocycles. The van der Waals surface area contributed by atoms with Gasteiger partial charge in [-0.25, -0.2) is 0 Å². The molecule has 0 aromatic carbocycles. The molecule has 5 heteroatoms. The van der Waals surface area contributed by atoms with Crippen LogP contribution in [-0.4, -0.2) is 48.3 Å². The predicted molar refractivity (Wildman–Crippen MR) is 82.9 cm³/mol. The van der Waals surface area contributed by atoms with Gasteiger partial charge in [-0.05, 0) is 37.4 Å². The summed E-state index contributed by atoms with van der Waals surface area (Å²) in [7, 11) is 0. The number of hydrogen-bond acceptors (Lipinski definition) is 5. The summed E-state index contributed by atoms with van der Waals surface area (Å²) < 4.78 is 6.02. The fourth-order valence-corrected chi connectivity index (χ4v) is 3.71. The average molecular weight is 290 g/mol. The Labute approximate surface area is 126 Å². The van der Waals surface area contributed by atoms with Gasteiger partial charge in [0, 0.05) is 30.9 Å².